The number of fused-ring (bicyclic) bond motifs is 1. The molecule has 28 heavy (non-hydrogen) atoms. The fourth-order valence-electron chi connectivity index (χ4n) is 4.43. The van der Waals surface area contributed by atoms with Gasteiger partial charge in [-0.2, -0.15) is 0 Å². The Morgan fingerprint density at radius 1 is 1.04 bits per heavy atom. The Morgan fingerprint density at radius 2 is 1.89 bits per heavy atom. The lowest BCUT2D eigenvalue weighted by atomic mass is 9.84. The minimum absolute atomic E-state index is 0.326. The lowest BCUT2D eigenvalue weighted by Crippen LogP contribution is -2.49. The summed E-state index contributed by atoms with van der Waals surface area (Å²) in [6.07, 6.45) is 6.22. The van der Waals surface area contributed by atoms with Crippen LogP contribution in [0.2, 0.25) is 0 Å². The van der Waals surface area contributed by atoms with E-state index >= 15 is 0 Å². The van der Waals surface area contributed by atoms with Crippen LogP contribution in [0.15, 0.2) is 46.9 Å². The van der Waals surface area contributed by atoms with Crippen LogP contribution in [0, 0.1) is 5.92 Å². The summed E-state index contributed by atoms with van der Waals surface area (Å²) < 4.78 is 11.4. The molecule has 2 fully saturated rings. The van der Waals surface area contributed by atoms with Gasteiger partial charge in [0.2, 0.25) is 5.76 Å². The maximum Gasteiger partial charge on any atom is 0.374 e. The number of ether oxygens (including phenoxy) is 1. The molecule has 0 bridgehead atoms. The Kier molecular flexibility index (Phi) is 6.76. The van der Waals surface area contributed by atoms with Crippen LogP contribution in [0.1, 0.15) is 54.0 Å². The molecule has 0 spiro atoms. The molecule has 2 aliphatic rings. The van der Waals surface area contributed by atoms with Gasteiger partial charge in [0.15, 0.2) is 0 Å². The third kappa shape index (κ3) is 5.00. The summed E-state index contributed by atoms with van der Waals surface area (Å²) in [5.41, 5.74) is 1.29. The average molecular weight is 400 g/mol. The van der Waals surface area contributed by atoms with Crippen LogP contribution in [0.5, 0.6) is 0 Å². The molecule has 2 saturated heterocycles. The van der Waals surface area contributed by atoms with E-state index < -0.39 is 0 Å². The van der Waals surface area contributed by atoms with Crippen molar-refractivity contribution in [3.63, 3.8) is 0 Å². The smallest absolute Gasteiger partial charge is 0.374 e. The predicted octanol–water partition coefficient (Wildman–Crippen LogP) is 5.13. The lowest BCUT2D eigenvalue weighted by molar-refractivity contribution is 0.00545. The second-order valence-electron chi connectivity index (χ2n) is 7.84. The molecule has 0 aliphatic carbocycles. The van der Waals surface area contributed by atoms with Gasteiger partial charge >= 0.3 is 5.97 Å². The molecule has 5 heteroatoms. The number of thioether (sulfide) groups is 1. The zero-order valence-electron chi connectivity index (χ0n) is 16.3. The Bertz CT molecular complexity index is 758. The molecule has 4 nitrogen and oxygen atoms in total. The van der Waals surface area contributed by atoms with Crippen LogP contribution in [-0.4, -0.2) is 36.6 Å². The first kappa shape index (κ1) is 19.6. The molecule has 2 atom stereocenters. The predicted molar refractivity (Wildman–Crippen MR) is 112 cm³/mol. The fraction of sp³-hybridized carbons (Fsp3) is 0.522. The van der Waals surface area contributed by atoms with Crippen molar-refractivity contribution in [2.24, 2.45) is 5.92 Å². The highest BCUT2D eigenvalue weighted by molar-refractivity contribution is 7.97. The monoisotopic (exact) mass is 399 g/mol. The molecule has 2 aromatic rings. The second-order valence-corrected chi connectivity index (χ2v) is 8.83. The molecule has 0 amide bonds. The highest BCUT2D eigenvalue weighted by Gasteiger charge is 2.33. The van der Waals surface area contributed by atoms with Crippen molar-refractivity contribution in [3.05, 3.63) is 59.5 Å². The average Bonchev–Trinajstić information content (AvgIpc) is 3.22. The first-order chi connectivity index (χ1) is 13.8. The van der Waals surface area contributed by atoms with E-state index in [1.807, 2.05) is 12.1 Å². The van der Waals surface area contributed by atoms with Crippen LogP contribution in [0.3, 0.4) is 0 Å². The zero-order valence-corrected chi connectivity index (χ0v) is 17.2. The van der Waals surface area contributed by atoms with Gasteiger partial charge in [-0.1, -0.05) is 36.8 Å². The van der Waals surface area contributed by atoms with E-state index in [0.717, 1.165) is 23.7 Å². The Morgan fingerprint density at radius 3 is 2.79 bits per heavy atom. The van der Waals surface area contributed by atoms with E-state index in [-0.39, 0.29) is 5.97 Å². The quantitative estimate of drug-likeness (QED) is 0.604. The first-order valence-corrected chi connectivity index (χ1v) is 11.6. The number of rotatable bonds is 7. The summed E-state index contributed by atoms with van der Waals surface area (Å²) in [4.78, 5) is 15.0. The maximum absolute atomic E-state index is 12.4. The molecule has 0 saturated carbocycles. The SMILES string of the molecule is O=C(OCC1CCCN2CCCCC12)c1ccc(CSCc2ccccc2)o1. The van der Waals surface area contributed by atoms with Crippen molar-refractivity contribution < 1.29 is 13.9 Å². The number of nitrogens with zero attached hydrogens (tertiary/aromatic N) is 1. The topological polar surface area (TPSA) is 42.7 Å². The molecule has 0 radical (unpaired) electrons. The number of hydrogen-bond acceptors (Lipinski definition) is 5. The number of hydrogen-bond donors (Lipinski definition) is 0. The van der Waals surface area contributed by atoms with Gasteiger partial charge in [-0.3, -0.25) is 4.90 Å². The summed E-state index contributed by atoms with van der Waals surface area (Å²) >= 11 is 1.78. The number of carbonyl (C=O) groups excluding carboxylic acids is 1. The highest BCUT2D eigenvalue weighted by atomic mass is 32.2. The van der Waals surface area contributed by atoms with Crippen LogP contribution in [0.4, 0.5) is 0 Å². The van der Waals surface area contributed by atoms with E-state index in [2.05, 4.69) is 29.2 Å². The minimum Gasteiger partial charge on any atom is -0.459 e. The lowest BCUT2D eigenvalue weighted by Gasteiger charge is -2.44. The summed E-state index contributed by atoms with van der Waals surface area (Å²) in [5, 5.41) is 0. The second kappa shape index (κ2) is 9.66. The summed E-state index contributed by atoms with van der Waals surface area (Å²) in [6.45, 7) is 2.92. The van der Waals surface area contributed by atoms with Crippen LogP contribution in [0.25, 0.3) is 0 Å². The minimum atomic E-state index is -0.327. The Labute approximate surface area is 171 Å². The van der Waals surface area contributed by atoms with Crippen molar-refractivity contribution in [1.29, 1.82) is 0 Å². The first-order valence-electron chi connectivity index (χ1n) is 10.4. The number of benzene rings is 1. The standard InChI is InChI=1S/C23H29NO3S/c25-23(26-15-19-9-6-14-24-13-5-4-10-21(19)24)22-12-11-20(27-22)17-28-16-18-7-2-1-3-8-18/h1-3,7-8,11-12,19,21H,4-6,9-10,13-17H2. The molecule has 0 N–H and O–H groups in total. The number of furan rings is 1. The molecule has 2 unspecified atom stereocenters. The van der Waals surface area contributed by atoms with Crippen molar-refractivity contribution in [3.8, 4) is 0 Å². The van der Waals surface area contributed by atoms with Gasteiger partial charge in [0, 0.05) is 17.7 Å². The van der Waals surface area contributed by atoms with Gasteiger partial charge in [0.1, 0.15) is 5.76 Å². The van der Waals surface area contributed by atoms with E-state index in [1.165, 1.54) is 44.3 Å². The molecule has 2 aliphatic heterocycles. The molecule has 3 heterocycles. The Hall–Kier alpha value is -1.72. The number of carbonyl (C=O) groups is 1. The van der Waals surface area contributed by atoms with E-state index in [0.29, 0.717) is 24.3 Å². The van der Waals surface area contributed by atoms with Crippen molar-refractivity contribution in [2.45, 2.75) is 49.7 Å². The molecule has 1 aromatic carbocycles. The molecular weight excluding hydrogens is 370 g/mol. The third-order valence-corrected chi connectivity index (χ3v) is 6.90. The third-order valence-electron chi connectivity index (χ3n) is 5.88. The number of esters is 1. The van der Waals surface area contributed by atoms with Gasteiger partial charge in [-0.25, -0.2) is 4.79 Å². The molecule has 150 valence electrons. The molecular formula is C23H29NO3S. The fourth-order valence-corrected chi connectivity index (χ4v) is 5.32. The summed E-state index contributed by atoms with van der Waals surface area (Å²) in [7, 11) is 0. The van der Waals surface area contributed by atoms with Gasteiger partial charge in [-0.05, 0) is 56.5 Å². The van der Waals surface area contributed by atoms with Crippen LogP contribution in [-0.2, 0) is 16.2 Å². The van der Waals surface area contributed by atoms with Crippen molar-refractivity contribution in [2.75, 3.05) is 19.7 Å². The number of piperidine rings is 2. The van der Waals surface area contributed by atoms with Crippen LogP contribution >= 0.6 is 11.8 Å². The molecule has 1 aromatic heterocycles. The summed E-state index contributed by atoms with van der Waals surface area (Å²) in [6, 6.07) is 14.6. The normalized spacial score (nSPS) is 22.6. The van der Waals surface area contributed by atoms with Crippen molar-refractivity contribution >= 4 is 17.7 Å². The molecule has 4 rings (SSSR count). The maximum atomic E-state index is 12.4. The van der Waals surface area contributed by atoms with Gasteiger partial charge in [-0.15, -0.1) is 11.8 Å². The summed E-state index contributed by atoms with van der Waals surface area (Å²) in [5.74, 6) is 2.97. The van der Waals surface area contributed by atoms with E-state index in [4.69, 9.17) is 9.15 Å². The van der Waals surface area contributed by atoms with Gasteiger partial charge in [0.25, 0.3) is 0 Å². The van der Waals surface area contributed by atoms with E-state index in [1.54, 1.807) is 17.8 Å². The van der Waals surface area contributed by atoms with E-state index in [9.17, 15) is 4.79 Å². The zero-order chi connectivity index (χ0) is 19.2. The largest absolute Gasteiger partial charge is 0.459 e. The Balaban J connectivity index is 1.24. The highest BCUT2D eigenvalue weighted by Crippen LogP contribution is 2.31. The van der Waals surface area contributed by atoms with Gasteiger partial charge < -0.3 is 9.15 Å². The van der Waals surface area contributed by atoms with Crippen LogP contribution < -0.4 is 0 Å². The van der Waals surface area contributed by atoms with Crippen molar-refractivity contribution in [1.82, 2.24) is 4.90 Å². The van der Waals surface area contributed by atoms with Gasteiger partial charge in [0.05, 0.1) is 12.4 Å².